The molecule has 0 fully saturated rings. The Morgan fingerprint density at radius 3 is 2.12 bits per heavy atom. The highest BCUT2D eigenvalue weighted by Gasteiger charge is 2.36. The van der Waals surface area contributed by atoms with Gasteiger partial charge in [0.25, 0.3) is 5.91 Å². The number of hydrogen-bond donors (Lipinski definition) is 7. The molecule has 1 unspecified atom stereocenters. The third kappa shape index (κ3) is 14.1. The minimum absolute atomic E-state index is 0.00306. The normalized spacial score (nSPS) is 16.2. The van der Waals surface area contributed by atoms with Crippen LogP contribution < -0.4 is 47.9 Å². The molecule has 1 aliphatic heterocycles. The van der Waals surface area contributed by atoms with Gasteiger partial charge in [0.1, 0.15) is 55.4 Å². The van der Waals surface area contributed by atoms with Gasteiger partial charge >= 0.3 is 0 Å². The number of amides is 5. The van der Waals surface area contributed by atoms with Crippen LogP contribution in [0.25, 0.3) is 22.5 Å². The molecule has 18 heteroatoms. The molecule has 5 amide bonds. The lowest BCUT2D eigenvalue weighted by atomic mass is 9.93. The number of nitrogens with two attached hydrogens (primary N) is 3. The topological polar surface area (TPSA) is 283 Å². The van der Waals surface area contributed by atoms with Crippen LogP contribution in [-0.2, 0) is 32.0 Å². The molecule has 368 valence electrons. The maximum atomic E-state index is 14.8. The number of unbranched alkanes of at least 4 members (excludes halogenated alkanes) is 4. The third-order valence-electron chi connectivity index (χ3n) is 11.9. The summed E-state index contributed by atoms with van der Waals surface area (Å²) in [7, 11) is 1.42. The summed E-state index contributed by atoms with van der Waals surface area (Å²) in [6.45, 7) is 7.44. The van der Waals surface area contributed by atoms with E-state index < -0.39 is 53.7 Å². The Morgan fingerprint density at radius 2 is 1.49 bits per heavy atom. The van der Waals surface area contributed by atoms with Gasteiger partial charge in [0.05, 0.1) is 23.0 Å². The van der Waals surface area contributed by atoms with Crippen molar-refractivity contribution in [3.05, 3.63) is 94.3 Å². The summed E-state index contributed by atoms with van der Waals surface area (Å²) >= 11 is 0. The molecule has 1 aliphatic rings. The average Bonchev–Trinajstić information content (AvgIpc) is 3.33. The molecule has 69 heavy (non-hydrogen) atoms. The SMILES string of the molecule is CCCCCCCc1ccc(-c2nc(C)c(C(=O)NC(CCN)C(=O)N(C)[C@@H]3C(=O)N[C@@H](C)C(=O)N[C@H](C(=O)NCC#N)Cc4ccc(OCCN)c(c4)-c4cc3ccc4OCCN)c(C)n2)cc1. The molecule has 0 aliphatic carbocycles. The van der Waals surface area contributed by atoms with Crippen LogP contribution in [0.1, 0.15) is 96.9 Å². The molecule has 18 nitrogen and oxygen atoms in total. The van der Waals surface area contributed by atoms with Crippen molar-refractivity contribution in [3.63, 3.8) is 0 Å². The molecule has 0 spiro atoms. The molecule has 4 atom stereocenters. The Morgan fingerprint density at radius 1 is 0.855 bits per heavy atom. The van der Waals surface area contributed by atoms with Gasteiger partial charge in [0, 0.05) is 43.2 Å². The lowest BCUT2D eigenvalue weighted by Crippen LogP contribution is -2.56. The Balaban J connectivity index is 1.51. The lowest BCUT2D eigenvalue weighted by Gasteiger charge is -2.32. The molecule has 1 aromatic heterocycles. The van der Waals surface area contributed by atoms with Gasteiger partial charge in [-0.25, -0.2) is 9.97 Å². The van der Waals surface area contributed by atoms with E-state index in [0.717, 1.165) is 18.4 Å². The number of carbonyl (C=O) groups is 5. The van der Waals surface area contributed by atoms with Crippen molar-refractivity contribution >= 4 is 29.5 Å². The molecular formula is C51H67N11O7. The number of nitrogens with one attached hydrogen (secondary N) is 4. The molecule has 0 radical (unpaired) electrons. The van der Waals surface area contributed by atoms with Crippen LogP contribution in [0.2, 0.25) is 0 Å². The number of nitrogens with zero attached hydrogens (tertiary/aromatic N) is 4. The Labute approximate surface area is 404 Å². The van der Waals surface area contributed by atoms with Gasteiger partial charge < -0.3 is 52.8 Å². The van der Waals surface area contributed by atoms with E-state index in [2.05, 4.69) is 40.3 Å². The van der Waals surface area contributed by atoms with Crippen molar-refractivity contribution in [1.82, 2.24) is 36.1 Å². The maximum absolute atomic E-state index is 14.8. The monoisotopic (exact) mass is 946 g/mol. The van der Waals surface area contributed by atoms with E-state index in [1.54, 1.807) is 50.2 Å². The van der Waals surface area contributed by atoms with Crippen LogP contribution in [-0.4, -0.2) is 109 Å². The molecule has 4 aromatic rings. The molecule has 3 aromatic carbocycles. The van der Waals surface area contributed by atoms with Crippen molar-refractivity contribution in [2.24, 2.45) is 17.2 Å². The predicted molar refractivity (Wildman–Crippen MR) is 263 cm³/mol. The number of hydrogen-bond acceptors (Lipinski definition) is 13. The number of aromatic nitrogens is 2. The molecule has 4 bridgehead atoms. The van der Waals surface area contributed by atoms with Gasteiger partial charge in [-0.1, -0.05) is 69.0 Å². The van der Waals surface area contributed by atoms with Crippen LogP contribution in [0, 0.1) is 25.2 Å². The fourth-order valence-corrected chi connectivity index (χ4v) is 8.29. The second-order valence-electron chi connectivity index (χ2n) is 17.1. The van der Waals surface area contributed by atoms with Gasteiger partial charge in [-0.15, -0.1) is 0 Å². The van der Waals surface area contributed by atoms with Crippen LogP contribution >= 0.6 is 0 Å². The zero-order chi connectivity index (χ0) is 50.0. The molecule has 2 heterocycles. The van der Waals surface area contributed by atoms with Crippen LogP contribution in [0.3, 0.4) is 0 Å². The first-order chi connectivity index (χ1) is 33.2. The zero-order valence-corrected chi connectivity index (χ0v) is 40.4. The fourth-order valence-electron chi connectivity index (χ4n) is 8.29. The third-order valence-corrected chi connectivity index (χ3v) is 11.9. The van der Waals surface area contributed by atoms with Crippen molar-refractivity contribution in [3.8, 4) is 40.1 Å². The molecule has 0 saturated heterocycles. The van der Waals surface area contributed by atoms with Gasteiger partial charge in [-0.2, -0.15) is 5.26 Å². The number of ether oxygens (including phenoxy) is 2. The largest absolute Gasteiger partial charge is 0.492 e. The highest BCUT2D eigenvalue weighted by Crippen LogP contribution is 2.40. The zero-order valence-electron chi connectivity index (χ0n) is 40.4. The standard InChI is InChI=1S/C51H67N11O7/c1-6-7-8-9-10-11-34-12-15-36(16-13-34)46-57-31(2)44(32(3)58-46)49(65)60-40(20-21-52)51(67)62(5)45-37-17-19-43(69-27-24-55)39(30-37)38-28-35(14-18-42(38)68-26-23-54)29-41(48(64)56-25-22-53)61-47(63)33(4)59-50(45)66/h12-19,28,30,33,40-41,45H,6-11,20-21,23-27,29,52,54-55H2,1-5H3,(H,56,64)(H,59,66)(H,60,65)(H,61,63)/t33-,40?,41-,45-/m0/s1. The first-order valence-electron chi connectivity index (χ1n) is 23.7. The summed E-state index contributed by atoms with van der Waals surface area (Å²) in [5.41, 5.74) is 22.7. The quantitative estimate of drug-likeness (QED) is 0.0466. The molecule has 5 rings (SSSR count). The van der Waals surface area contributed by atoms with E-state index in [1.165, 1.54) is 50.1 Å². The first kappa shape index (κ1) is 53.0. The number of nitriles is 1. The maximum Gasteiger partial charge on any atom is 0.255 e. The molecule has 0 saturated carbocycles. The van der Waals surface area contributed by atoms with Crippen molar-refractivity contribution < 1.29 is 33.4 Å². The Kier molecular flexibility index (Phi) is 20.0. The highest BCUT2D eigenvalue weighted by molar-refractivity contribution is 6.00. The van der Waals surface area contributed by atoms with Gasteiger partial charge in [0.15, 0.2) is 5.82 Å². The van der Waals surface area contributed by atoms with E-state index in [4.69, 9.17) is 36.6 Å². The first-order valence-corrected chi connectivity index (χ1v) is 23.7. The Hall–Kier alpha value is -6.94. The summed E-state index contributed by atoms with van der Waals surface area (Å²) in [5, 5.41) is 20.0. The van der Waals surface area contributed by atoms with Crippen molar-refractivity contribution in [1.29, 1.82) is 5.26 Å². The highest BCUT2D eigenvalue weighted by atomic mass is 16.5. The Bertz CT molecular complexity index is 2450. The lowest BCUT2D eigenvalue weighted by molar-refractivity contribution is -0.141. The van der Waals surface area contributed by atoms with Crippen molar-refractivity contribution in [2.45, 2.75) is 103 Å². The number of carbonyl (C=O) groups excluding carboxylic acids is 5. The van der Waals surface area contributed by atoms with E-state index in [-0.39, 0.29) is 57.8 Å². The number of fused-ring (bicyclic) bond motifs is 5. The fraction of sp³-hybridized carbons (Fsp3) is 0.451. The van der Waals surface area contributed by atoms with Gasteiger partial charge in [-0.05, 0) is 87.5 Å². The molecule has 10 N–H and O–H groups in total. The van der Waals surface area contributed by atoms with E-state index in [1.807, 2.05) is 18.2 Å². The van der Waals surface area contributed by atoms with Crippen LogP contribution in [0.5, 0.6) is 11.5 Å². The minimum Gasteiger partial charge on any atom is -0.492 e. The second-order valence-corrected chi connectivity index (χ2v) is 17.1. The number of benzene rings is 3. The van der Waals surface area contributed by atoms with E-state index in [0.29, 0.717) is 51.0 Å². The summed E-state index contributed by atoms with van der Waals surface area (Å²) in [4.78, 5) is 81.3. The van der Waals surface area contributed by atoms with E-state index >= 15 is 0 Å². The van der Waals surface area contributed by atoms with Crippen LogP contribution in [0.15, 0.2) is 60.7 Å². The number of aryl methyl sites for hydroxylation is 3. The summed E-state index contributed by atoms with van der Waals surface area (Å²) in [6, 6.07) is 15.2. The number of rotatable bonds is 21. The summed E-state index contributed by atoms with van der Waals surface area (Å²) in [5.74, 6) is -2.08. The second kappa shape index (κ2) is 26.0. The smallest absolute Gasteiger partial charge is 0.255 e. The van der Waals surface area contributed by atoms with Gasteiger partial charge in [0.2, 0.25) is 23.6 Å². The van der Waals surface area contributed by atoms with Crippen LogP contribution in [0.4, 0.5) is 0 Å². The van der Waals surface area contributed by atoms with E-state index in [9.17, 15) is 29.2 Å². The predicted octanol–water partition coefficient (Wildman–Crippen LogP) is 3.45. The minimum atomic E-state index is -1.40. The number of likely N-dealkylation sites (N-methyl/N-ethyl adjacent to an activating group) is 1. The average molecular weight is 946 g/mol. The van der Waals surface area contributed by atoms with Gasteiger partial charge in [-0.3, -0.25) is 24.0 Å². The molecular weight excluding hydrogens is 879 g/mol. The summed E-state index contributed by atoms with van der Waals surface area (Å²) in [6.07, 6.45) is 7.01. The van der Waals surface area contributed by atoms with Crippen molar-refractivity contribution in [2.75, 3.05) is 46.4 Å². The summed E-state index contributed by atoms with van der Waals surface area (Å²) < 4.78 is 12.2.